The minimum absolute atomic E-state index is 0.0645. The zero-order chi connectivity index (χ0) is 16.8. The summed E-state index contributed by atoms with van der Waals surface area (Å²) in [6.07, 6.45) is 2.65. The van der Waals surface area contributed by atoms with Crippen LogP contribution in [0.5, 0.6) is 0 Å². The molecule has 0 radical (unpaired) electrons. The number of benzene rings is 1. The summed E-state index contributed by atoms with van der Waals surface area (Å²) in [6, 6.07) is 6.90. The molecule has 0 fully saturated rings. The summed E-state index contributed by atoms with van der Waals surface area (Å²) in [4.78, 5) is 33.7. The number of ketones is 2. The van der Waals surface area contributed by atoms with E-state index < -0.39 is 0 Å². The first-order valence-electron chi connectivity index (χ1n) is 7.69. The van der Waals surface area contributed by atoms with Gasteiger partial charge in [-0.15, -0.1) is 0 Å². The van der Waals surface area contributed by atoms with Crippen LogP contribution in [-0.4, -0.2) is 27.9 Å². The van der Waals surface area contributed by atoms with E-state index in [0.717, 1.165) is 12.1 Å². The molecule has 4 rings (SSSR count). The van der Waals surface area contributed by atoms with Gasteiger partial charge in [0.15, 0.2) is 11.6 Å². The van der Waals surface area contributed by atoms with Gasteiger partial charge in [-0.05, 0) is 12.3 Å². The predicted molar refractivity (Wildman–Crippen MR) is 92.4 cm³/mol. The van der Waals surface area contributed by atoms with Crippen LogP contribution in [0.2, 0.25) is 0 Å². The second-order valence-corrected chi connectivity index (χ2v) is 7.08. The number of hydrogen-bond acceptors (Lipinski definition) is 6. The normalized spacial score (nSPS) is 20.0. The molecule has 0 bridgehead atoms. The van der Waals surface area contributed by atoms with Crippen molar-refractivity contribution in [1.82, 2.24) is 4.98 Å². The van der Waals surface area contributed by atoms with Gasteiger partial charge in [0, 0.05) is 23.8 Å². The molecule has 0 aliphatic heterocycles. The molecule has 1 aromatic carbocycles. The number of hydrogen-bond donors (Lipinski definition) is 1. The maximum Gasteiger partial charge on any atom is 0.210 e. The molecule has 1 heterocycles. The third-order valence-electron chi connectivity index (χ3n) is 4.25. The zero-order valence-electron chi connectivity index (χ0n) is 12.9. The van der Waals surface area contributed by atoms with Gasteiger partial charge >= 0.3 is 0 Å². The second-order valence-electron chi connectivity index (χ2n) is 6.10. The number of nitrogens with zero attached hydrogens (tertiary/aromatic N) is 2. The van der Waals surface area contributed by atoms with Crippen molar-refractivity contribution in [2.45, 2.75) is 19.8 Å². The number of rotatable bonds is 2. The molecule has 0 amide bonds. The summed E-state index contributed by atoms with van der Waals surface area (Å²) in [6.45, 7) is 2.03. The average Bonchev–Trinajstić information content (AvgIpc) is 3.07. The van der Waals surface area contributed by atoms with Crippen LogP contribution in [0.3, 0.4) is 0 Å². The van der Waals surface area contributed by atoms with Gasteiger partial charge in [-0.2, -0.15) is 0 Å². The summed E-state index contributed by atoms with van der Waals surface area (Å²) < 4.78 is 0. The second kappa shape index (κ2) is 5.49. The topological polar surface area (TPSA) is 79.6 Å². The van der Waals surface area contributed by atoms with Crippen molar-refractivity contribution in [1.29, 1.82) is 0 Å². The summed E-state index contributed by atoms with van der Waals surface area (Å²) >= 11 is 1.24. The van der Waals surface area contributed by atoms with E-state index in [1.807, 2.05) is 6.92 Å². The number of carbonyl (C=O) groups is 2. The molecule has 120 valence electrons. The van der Waals surface area contributed by atoms with Gasteiger partial charge < -0.3 is 5.11 Å². The molecule has 24 heavy (non-hydrogen) atoms. The number of fused-ring (bicyclic) bond motifs is 2. The van der Waals surface area contributed by atoms with Crippen molar-refractivity contribution < 1.29 is 14.7 Å². The van der Waals surface area contributed by atoms with Crippen LogP contribution in [0, 0.1) is 5.92 Å². The minimum atomic E-state index is -0.252. The van der Waals surface area contributed by atoms with E-state index in [0.29, 0.717) is 33.5 Å². The highest BCUT2D eigenvalue weighted by atomic mass is 32.1. The number of carbonyl (C=O) groups excluding carboxylic acids is 2. The Kier molecular flexibility index (Phi) is 3.42. The number of allylic oxidation sites excluding steroid dienone is 1. The van der Waals surface area contributed by atoms with Gasteiger partial charge in [0.05, 0.1) is 16.1 Å². The summed E-state index contributed by atoms with van der Waals surface area (Å²) in [5.41, 5.74) is 1.93. The number of aliphatic hydroxyl groups is 1. The molecular formula is C18H14N2O3S. The lowest BCUT2D eigenvalue weighted by atomic mass is 9.92. The molecule has 0 saturated carbocycles. The fourth-order valence-corrected chi connectivity index (χ4v) is 3.97. The van der Waals surface area contributed by atoms with E-state index in [9.17, 15) is 14.7 Å². The average molecular weight is 338 g/mol. The third-order valence-corrected chi connectivity index (χ3v) is 5.29. The van der Waals surface area contributed by atoms with Gasteiger partial charge in [-0.25, -0.2) is 9.98 Å². The maximum absolute atomic E-state index is 12.3. The highest BCUT2D eigenvalue weighted by molar-refractivity contribution is 7.17. The molecule has 1 atom stereocenters. The molecule has 0 unspecified atom stereocenters. The van der Waals surface area contributed by atoms with Crippen LogP contribution in [0.25, 0.3) is 5.76 Å². The fourth-order valence-electron chi connectivity index (χ4n) is 3.09. The van der Waals surface area contributed by atoms with Crippen LogP contribution < -0.4 is 0 Å². The van der Waals surface area contributed by atoms with Crippen LogP contribution in [0.1, 0.15) is 44.6 Å². The summed E-state index contributed by atoms with van der Waals surface area (Å²) in [5, 5.41) is 10.7. The number of aromatic nitrogens is 1. The summed E-state index contributed by atoms with van der Waals surface area (Å²) in [7, 11) is 0. The predicted octanol–water partition coefficient (Wildman–Crippen LogP) is 3.78. The van der Waals surface area contributed by atoms with Gasteiger partial charge in [0.1, 0.15) is 5.76 Å². The first kappa shape index (κ1) is 15.0. The SMILES string of the molecule is C[C@H]1CC(=O)c2sc(N=CC3=C(O)c4ccccc4C3=O)nc2C1. The van der Waals surface area contributed by atoms with Crippen molar-refractivity contribution >= 4 is 40.0 Å². The Balaban J connectivity index is 1.66. The molecule has 0 saturated heterocycles. The number of thiazole rings is 1. The van der Waals surface area contributed by atoms with Crippen molar-refractivity contribution in [2.75, 3.05) is 0 Å². The van der Waals surface area contributed by atoms with Crippen molar-refractivity contribution in [3.8, 4) is 0 Å². The van der Waals surface area contributed by atoms with Crippen LogP contribution in [-0.2, 0) is 6.42 Å². The highest BCUT2D eigenvalue weighted by Crippen LogP contribution is 2.34. The zero-order valence-corrected chi connectivity index (χ0v) is 13.8. The Morgan fingerprint density at radius 2 is 2.00 bits per heavy atom. The van der Waals surface area contributed by atoms with E-state index in [1.54, 1.807) is 24.3 Å². The molecule has 2 aromatic rings. The molecule has 6 heteroatoms. The monoisotopic (exact) mass is 338 g/mol. The number of Topliss-reactive ketones (excluding diaryl/α,β-unsaturated/α-hetero) is 2. The Morgan fingerprint density at radius 3 is 2.75 bits per heavy atom. The van der Waals surface area contributed by atoms with E-state index in [4.69, 9.17) is 0 Å². The van der Waals surface area contributed by atoms with E-state index in [1.165, 1.54) is 17.6 Å². The van der Waals surface area contributed by atoms with E-state index in [-0.39, 0.29) is 22.9 Å². The standard InChI is InChI=1S/C18H14N2O3S/c1-9-6-13-17(14(21)7-9)24-18(20-13)19-8-12-15(22)10-4-2-3-5-11(10)16(12)23/h2-5,8-9,22H,6-7H2,1H3/t9-/m1/s1. The Hall–Kier alpha value is -2.60. The number of aliphatic hydroxyl groups excluding tert-OH is 1. The smallest absolute Gasteiger partial charge is 0.210 e. The molecule has 1 aromatic heterocycles. The van der Waals surface area contributed by atoms with Gasteiger partial charge in [-0.3, -0.25) is 9.59 Å². The van der Waals surface area contributed by atoms with Gasteiger partial charge in [0.25, 0.3) is 0 Å². The first-order chi connectivity index (χ1) is 11.5. The third kappa shape index (κ3) is 2.30. The van der Waals surface area contributed by atoms with Crippen LogP contribution in [0.15, 0.2) is 34.8 Å². The Labute approximate surface area is 142 Å². The molecule has 0 spiro atoms. The Morgan fingerprint density at radius 1 is 1.25 bits per heavy atom. The lowest BCUT2D eigenvalue weighted by Gasteiger charge is -2.14. The largest absolute Gasteiger partial charge is 0.506 e. The minimum Gasteiger partial charge on any atom is -0.506 e. The molecular weight excluding hydrogens is 324 g/mol. The van der Waals surface area contributed by atoms with Crippen molar-refractivity contribution in [3.63, 3.8) is 0 Å². The maximum atomic E-state index is 12.3. The van der Waals surface area contributed by atoms with Gasteiger partial charge in [0.2, 0.25) is 5.13 Å². The molecule has 2 aliphatic carbocycles. The highest BCUT2D eigenvalue weighted by Gasteiger charge is 2.29. The lowest BCUT2D eigenvalue weighted by Crippen LogP contribution is -2.16. The Bertz CT molecular complexity index is 939. The van der Waals surface area contributed by atoms with Crippen LogP contribution >= 0.6 is 11.3 Å². The van der Waals surface area contributed by atoms with Crippen molar-refractivity contribution in [3.05, 3.63) is 51.5 Å². The van der Waals surface area contributed by atoms with Crippen molar-refractivity contribution in [2.24, 2.45) is 10.9 Å². The number of aliphatic imine (C=N–C) groups is 1. The quantitative estimate of drug-likeness (QED) is 0.845. The first-order valence-corrected chi connectivity index (χ1v) is 8.50. The van der Waals surface area contributed by atoms with E-state index in [2.05, 4.69) is 9.98 Å². The molecule has 1 N–H and O–H groups in total. The van der Waals surface area contributed by atoms with Crippen LogP contribution in [0.4, 0.5) is 5.13 Å². The van der Waals surface area contributed by atoms with E-state index >= 15 is 0 Å². The lowest BCUT2D eigenvalue weighted by molar-refractivity contribution is 0.0956. The summed E-state index contributed by atoms with van der Waals surface area (Å²) in [5.74, 6) is 0.0824. The molecule has 5 nitrogen and oxygen atoms in total. The molecule has 2 aliphatic rings. The van der Waals surface area contributed by atoms with Gasteiger partial charge in [-0.1, -0.05) is 42.5 Å². The fraction of sp³-hybridized carbons (Fsp3) is 0.222.